The largest absolute Gasteiger partial charge is 0.367 e. The number of aromatic nitrogens is 1. The van der Waals surface area contributed by atoms with Crippen molar-refractivity contribution < 1.29 is 0 Å². The van der Waals surface area contributed by atoms with E-state index in [1.807, 2.05) is 12.3 Å². The fourth-order valence-corrected chi connectivity index (χ4v) is 2.92. The summed E-state index contributed by atoms with van der Waals surface area (Å²) < 4.78 is 1.12. The molecule has 108 valence electrons. The van der Waals surface area contributed by atoms with Gasteiger partial charge in [0.1, 0.15) is 5.82 Å². The number of benzene rings is 1. The molecule has 0 spiro atoms. The highest BCUT2D eigenvalue weighted by Gasteiger charge is 2.08. The molecule has 0 saturated heterocycles. The van der Waals surface area contributed by atoms with Crippen LogP contribution in [0.25, 0.3) is 10.8 Å². The zero-order valence-electron chi connectivity index (χ0n) is 12.5. The molecular weight excluding hydrogens is 312 g/mol. The van der Waals surface area contributed by atoms with Crippen molar-refractivity contribution in [2.24, 2.45) is 5.92 Å². The van der Waals surface area contributed by atoms with Gasteiger partial charge >= 0.3 is 0 Å². The Morgan fingerprint density at radius 3 is 2.65 bits per heavy atom. The molecular formula is C17H23BrN2. The molecule has 1 aromatic heterocycles. The van der Waals surface area contributed by atoms with Crippen LogP contribution in [-0.4, -0.2) is 11.0 Å². The Bertz CT molecular complexity index is 566. The minimum absolute atomic E-state index is 0.450. The normalized spacial score (nSPS) is 12.8. The summed E-state index contributed by atoms with van der Waals surface area (Å²) in [5, 5.41) is 5.94. The van der Waals surface area contributed by atoms with E-state index in [-0.39, 0.29) is 0 Å². The maximum atomic E-state index is 4.50. The molecule has 0 aliphatic heterocycles. The summed E-state index contributed by atoms with van der Waals surface area (Å²) in [6.45, 7) is 6.79. The summed E-state index contributed by atoms with van der Waals surface area (Å²) in [5.74, 6) is 1.77. The van der Waals surface area contributed by atoms with Crippen molar-refractivity contribution in [3.63, 3.8) is 0 Å². The van der Waals surface area contributed by atoms with Crippen LogP contribution in [-0.2, 0) is 0 Å². The predicted octanol–water partition coefficient (Wildman–Crippen LogP) is 5.62. The van der Waals surface area contributed by atoms with Crippen LogP contribution in [0.5, 0.6) is 0 Å². The number of hydrogen-bond acceptors (Lipinski definition) is 2. The summed E-state index contributed by atoms with van der Waals surface area (Å²) >= 11 is 3.60. The highest BCUT2D eigenvalue weighted by atomic mass is 79.9. The van der Waals surface area contributed by atoms with Gasteiger partial charge in [-0.25, -0.2) is 4.98 Å². The Balaban J connectivity index is 2.08. The highest BCUT2D eigenvalue weighted by molar-refractivity contribution is 9.10. The maximum Gasteiger partial charge on any atom is 0.134 e. The lowest BCUT2D eigenvalue weighted by Gasteiger charge is -2.16. The molecule has 3 heteroatoms. The molecule has 0 aliphatic carbocycles. The first-order chi connectivity index (χ1) is 9.58. The summed E-state index contributed by atoms with van der Waals surface area (Å²) in [6, 6.07) is 8.75. The molecule has 0 aliphatic rings. The Morgan fingerprint density at radius 2 is 1.90 bits per heavy atom. The Labute approximate surface area is 130 Å². The molecule has 0 fully saturated rings. The molecule has 2 aromatic rings. The number of hydrogen-bond donors (Lipinski definition) is 1. The Kier molecular flexibility index (Phi) is 5.41. The minimum Gasteiger partial charge on any atom is -0.367 e. The van der Waals surface area contributed by atoms with Crippen molar-refractivity contribution in [3.05, 3.63) is 34.9 Å². The van der Waals surface area contributed by atoms with Gasteiger partial charge < -0.3 is 5.32 Å². The average molecular weight is 335 g/mol. The van der Waals surface area contributed by atoms with Crippen LogP contribution < -0.4 is 5.32 Å². The van der Waals surface area contributed by atoms with E-state index >= 15 is 0 Å². The molecule has 1 atom stereocenters. The van der Waals surface area contributed by atoms with Crippen LogP contribution in [0.4, 0.5) is 5.82 Å². The van der Waals surface area contributed by atoms with Crippen molar-refractivity contribution in [3.8, 4) is 0 Å². The van der Waals surface area contributed by atoms with E-state index in [4.69, 9.17) is 0 Å². The second-order valence-corrected chi connectivity index (χ2v) is 6.72. The number of fused-ring (bicyclic) bond motifs is 1. The van der Waals surface area contributed by atoms with E-state index in [2.05, 4.69) is 65.2 Å². The number of nitrogens with one attached hydrogen (secondary N) is 1. The number of pyridine rings is 1. The second kappa shape index (κ2) is 7.07. The number of nitrogens with zero attached hydrogens (tertiary/aromatic N) is 1. The topological polar surface area (TPSA) is 24.9 Å². The molecule has 0 bridgehead atoms. The quantitative estimate of drug-likeness (QED) is 0.741. The predicted molar refractivity (Wildman–Crippen MR) is 91.2 cm³/mol. The van der Waals surface area contributed by atoms with Gasteiger partial charge in [0.15, 0.2) is 0 Å². The fraction of sp³-hybridized carbons (Fsp3) is 0.471. The van der Waals surface area contributed by atoms with Gasteiger partial charge in [0.25, 0.3) is 0 Å². The molecule has 1 N–H and O–H groups in total. The monoisotopic (exact) mass is 334 g/mol. The lowest BCUT2D eigenvalue weighted by atomic mass is 10.0. The van der Waals surface area contributed by atoms with Gasteiger partial charge in [-0.05, 0) is 31.4 Å². The minimum atomic E-state index is 0.450. The number of rotatable bonds is 6. The van der Waals surface area contributed by atoms with Gasteiger partial charge in [0.2, 0.25) is 0 Å². The molecule has 0 radical (unpaired) electrons. The second-order valence-electron chi connectivity index (χ2n) is 5.86. The van der Waals surface area contributed by atoms with Crippen LogP contribution in [0.1, 0.15) is 40.0 Å². The van der Waals surface area contributed by atoms with Gasteiger partial charge in [-0.2, -0.15) is 0 Å². The maximum absolute atomic E-state index is 4.50. The Morgan fingerprint density at radius 1 is 1.10 bits per heavy atom. The highest BCUT2D eigenvalue weighted by Crippen LogP contribution is 2.28. The third kappa shape index (κ3) is 3.95. The zero-order chi connectivity index (χ0) is 14.5. The fourth-order valence-electron chi connectivity index (χ4n) is 2.42. The lowest BCUT2D eigenvalue weighted by molar-refractivity contribution is 0.520. The van der Waals surface area contributed by atoms with Crippen molar-refractivity contribution in [1.29, 1.82) is 0 Å². The molecule has 0 amide bonds. The zero-order valence-corrected chi connectivity index (χ0v) is 14.1. The molecule has 2 nitrogen and oxygen atoms in total. The van der Waals surface area contributed by atoms with E-state index in [9.17, 15) is 0 Å². The molecule has 20 heavy (non-hydrogen) atoms. The first kappa shape index (κ1) is 15.3. The first-order valence-electron chi connectivity index (χ1n) is 7.37. The van der Waals surface area contributed by atoms with Crippen LogP contribution in [0.15, 0.2) is 34.9 Å². The molecule has 1 heterocycles. The molecule has 1 aromatic carbocycles. The van der Waals surface area contributed by atoms with E-state index in [0.717, 1.165) is 16.2 Å². The first-order valence-corrected chi connectivity index (χ1v) is 8.17. The van der Waals surface area contributed by atoms with Gasteiger partial charge in [-0.3, -0.25) is 0 Å². The summed E-state index contributed by atoms with van der Waals surface area (Å²) in [6.07, 6.45) is 5.61. The molecule has 2 rings (SSSR count). The summed E-state index contributed by atoms with van der Waals surface area (Å²) in [7, 11) is 0. The molecule has 0 saturated carbocycles. The standard InChI is InChI=1S/C17H23BrN2/c1-12(2)6-4-7-13(3)20-17-15-8-5-9-16(18)14(15)10-11-19-17/h5,8-13H,4,6-7H2,1-3H3,(H,19,20). The van der Waals surface area contributed by atoms with Crippen LogP contribution in [0, 0.1) is 5.92 Å². The van der Waals surface area contributed by atoms with Crippen LogP contribution in [0.2, 0.25) is 0 Å². The number of halogens is 1. The van der Waals surface area contributed by atoms with Crippen molar-refractivity contribution >= 4 is 32.5 Å². The third-order valence-corrected chi connectivity index (χ3v) is 4.25. The van der Waals surface area contributed by atoms with Gasteiger partial charge in [-0.1, -0.05) is 54.8 Å². The number of anilines is 1. The van der Waals surface area contributed by atoms with Crippen molar-refractivity contribution in [1.82, 2.24) is 4.98 Å². The van der Waals surface area contributed by atoms with Gasteiger partial charge in [-0.15, -0.1) is 0 Å². The van der Waals surface area contributed by atoms with E-state index in [1.165, 1.54) is 30.0 Å². The van der Waals surface area contributed by atoms with E-state index < -0.39 is 0 Å². The van der Waals surface area contributed by atoms with Crippen molar-refractivity contribution in [2.75, 3.05) is 5.32 Å². The third-order valence-electron chi connectivity index (χ3n) is 3.55. The summed E-state index contributed by atoms with van der Waals surface area (Å²) in [5.41, 5.74) is 0. The van der Waals surface area contributed by atoms with Crippen LogP contribution in [0.3, 0.4) is 0 Å². The van der Waals surface area contributed by atoms with E-state index in [1.54, 1.807) is 0 Å². The molecule has 1 unspecified atom stereocenters. The SMILES string of the molecule is CC(C)CCCC(C)Nc1nccc2c(Br)cccc12. The average Bonchev–Trinajstić information content (AvgIpc) is 2.39. The Hall–Kier alpha value is -1.09. The lowest BCUT2D eigenvalue weighted by Crippen LogP contribution is -2.16. The van der Waals surface area contributed by atoms with Gasteiger partial charge in [0.05, 0.1) is 0 Å². The van der Waals surface area contributed by atoms with Crippen molar-refractivity contribution in [2.45, 2.75) is 46.1 Å². The van der Waals surface area contributed by atoms with Gasteiger partial charge in [0, 0.05) is 27.5 Å². The van der Waals surface area contributed by atoms with E-state index in [0.29, 0.717) is 6.04 Å². The smallest absolute Gasteiger partial charge is 0.134 e. The summed E-state index contributed by atoms with van der Waals surface area (Å²) in [4.78, 5) is 4.50. The van der Waals surface area contributed by atoms with Crippen LogP contribution >= 0.6 is 15.9 Å².